The first-order valence-electron chi connectivity index (χ1n) is 7.56. The van der Waals surface area contributed by atoms with Gasteiger partial charge in [-0.1, -0.05) is 12.1 Å². The molecule has 2 amide bonds. The maximum Gasteiger partial charge on any atom is 0.323 e. The number of rotatable bonds is 4. The minimum atomic E-state index is -1.04. The van der Waals surface area contributed by atoms with Gasteiger partial charge in [-0.05, 0) is 30.3 Å². The number of benzene rings is 2. The van der Waals surface area contributed by atoms with Crippen molar-refractivity contribution in [3.63, 3.8) is 0 Å². The van der Waals surface area contributed by atoms with Crippen LogP contribution < -0.4 is 15.4 Å². The second-order valence-corrected chi connectivity index (χ2v) is 5.25. The van der Waals surface area contributed by atoms with Gasteiger partial charge in [0.2, 0.25) is 5.88 Å². The van der Waals surface area contributed by atoms with Crippen LogP contribution in [0.25, 0.3) is 11.3 Å². The van der Waals surface area contributed by atoms with E-state index in [0.29, 0.717) is 17.3 Å². The Morgan fingerprint density at radius 3 is 2.35 bits per heavy atom. The molecule has 0 saturated carbocycles. The maximum absolute atomic E-state index is 13.2. The Morgan fingerprint density at radius 2 is 1.69 bits per heavy atom. The molecule has 0 bridgehead atoms. The predicted molar refractivity (Wildman–Crippen MR) is 93.0 cm³/mol. The van der Waals surface area contributed by atoms with Gasteiger partial charge in [-0.15, -0.1) is 10.2 Å². The van der Waals surface area contributed by atoms with Crippen LogP contribution in [0.1, 0.15) is 0 Å². The SMILES string of the molecule is COc1ccc(-c2cccc(NC(=O)Nc3ccc(F)c(F)c3)c2)nn1. The van der Waals surface area contributed by atoms with Crippen LogP contribution in [0.2, 0.25) is 0 Å². The Labute approximate surface area is 147 Å². The molecule has 3 rings (SSSR count). The number of hydrogen-bond acceptors (Lipinski definition) is 4. The number of nitrogens with zero attached hydrogens (tertiary/aromatic N) is 2. The van der Waals surface area contributed by atoms with Crippen LogP contribution in [-0.4, -0.2) is 23.3 Å². The minimum absolute atomic E-state index is 0.138. The molecule has 132 valence electrons. The van der Waals surface area contributed by atoms with Gasteiger partial charge in [0, 0.05) is 29.1 Å². The van der Waals surface area contributed by atoms with Crippen molar-refractivity contribution in [2.75, 3.05) is 17.7 Å². The van der Waals surface area contributed by atoms with E-state index in [4.69, 9.17) is 4.74 Å². The smallest absolute Gasteiger partial charge is 0.323 e. The first-order chi connectivity index (χ1) is 12.5. The van der Waals surface area contributed by atoms with E-state index in [0.717, 1.165) is 17.7 Å². The zero-order valence-corrected chi connectivity index (χ0v) is 13.7. The molecular weight excluding hydrogens is 342 g/mol. The summed E-state index contributed by atoms with van der Waals surface area (Å²) < 4.78 is 31.1. The summed E-state index contributed by atoms with van der Waals surface area (Å²) in [5.41, 5.74) is 1.99. The lowest BCUT2D eigenvalue weighted by atomic mass is 10.1. The number of hydrogen-bond donors (Lipinski definition) is 2. The maximum atomic E-state index is 13.2. The van der Waals surface area contributed by atoms with Crippen molar-refractivity contribution >= 4 is 17.4 Å². The molecule has 2 N–H and O–H groups in total. The van der Waals surface area contributed by atoms with Gasteiger partial charge in [-0.3, -0.25) is 0 Å². The molecule has 0 aliphatic heterocycles. The average molecular weight is 356 g/mol. The molecule has 1 heterocycles. The molecule has 2 aromatic carbocycles. The molecule has 8 heteroatoms. The summed E-state index contributed by atoms with van der Waals surface area (Å²) in [4.78, 5) is 12.0. The molecule has 0 spiro atoms. The van der Waals surface area contributed by atoms with Crippen LogP contribution in [0.3, 0.4) is 0 Å². The van der Waals surface area contributed by atoms with Gasteiger partial charge in [0.25, 0.3) is 0 Å². The fourth-order valence-corrected chi connectivity index (χ4v) is 2.21. The van der Waals surface area contributed by atoms with Crippen molar-refractivity contribution < 1.29 is 18.3 Å². The van der Waals surface area contributed by atoms with Crippen LogP contribution in [0.4, 0.5) is 25.0 Å². The quantitative estimate of drug-likeness (QED) is 0.739. The van der Waals surface area contributed by atoms with Crippen LogP contribution >= 0.6 is 0 Å². The van der Waals surface area contributed by atoms with E-state index in [1.807, 2.05) is 6.07 Å². The fraction of sp³-hybridized carbons (Fsp3) is 0.0556. The number of ether oxygens (including phenoxy) is 1. The van der Waals surface area contributed by atoms with Crippen molar-refractivity contribution in [3.8, 4) is 17.1 Å². The molecule has 3 aromatic rings. The van der Waals surface area contributed by atoms with Crippen molar-refractivity contribution in [2.45, 2.75) is 0 Å². The van der Waals surface area contributed by atoms with E-state index < -0.39 is 17.7 Å². The number of amides is 2. The lowest BCUT2D eigenvalue weighted by Crippen LogP contribution is -2.19. The third kappa shape index (κ3) is 4.10. The van der Waals surface area contributed by atoms with E-state index in [9.17, 15) is 13.6 Å². The fourth-order valence-electron chi connectivity index (χ4n) is 2.21. The Morgan fingerprint density at radius 1 is 0.923 bits per heavy atom. The highest BCUT2D eigenvalue weighted by Gasteiger charge is 2.08. The monoisotopic (exact) mass is 356 g/mol. The first-order valence-corrected chi connectivity index (χ1v) is 7.56. The molecule has 0 saturated heterocycles. The second kappa shape index (κ2) is 7.56. The van der Waals surface area contributed by atoms with Gasteiger partial charge in [-0.2, -0.15) is 0 Å². The molecule has 6 nitrogen and oxygen atoms in total. The normalized spacial score (nSPS) is 10.3. The number of carbonyl (C=O) groups is 1. The van der Waals surface area contributed by atoms with Gasteiger partial charge in [-0.25, -0.2) is 13.6 Å². The summed E-state index contributed by atoms with van der Waals surface area (Å²) in [5.74, 6) is -1.62. The number of aromatic nitrogens is 2. The highest BCUT2D eigenvalue weighted by atomic mass is 19.2. The zero-order valence-electron chi connectivity index (χ0n) is 13.7. The highest BCUT2D eigenvalue weighted by molar-refractivity contribution is 6.00. The van der Waals surface area contributed by atoms with E-state index in [1.54, 1.807) is 30.3 Å². The molecule has 0 unspecified atom stereocenters. The second-order valence-electron chi connectivity index (χ2n) is 5.25. The largest absolute Gasteiger partial charge is 0.480 e. The lowest BCUT2D eigenvalue weighted by molar-refractivity contribution is 0.262. The molecule has 0 atom stereocenters. The molecular formula is C18H14F2N4O2. The van der Waals surface area contributed by atoms with E-state index in [-0.39, 0.29) is 5.69 Å². The average Bonchev–Trinajstić information content (AvgIpc) is 2.65. The first kappa shape index (κ1) is 17.3. The Hall–Kier alpha value is -3.55. The number of urea groups is 1. The van der Waals surface area contributed by atoms with E-state index >= 15 is 0 Å². The molecule has 0 aliphatic rings. The van der Waals surface area contributed by atoms with Crippen molar-refractivity contribution in [3.05, 3.63) is 66.2 Å². The van der Waals surface area contributed by atoms with E-state index in [2.05, 4.69) is 20.8 Å². The summed E-state index contributed by atoms with van der Waals surface area (Å²) in [6, 6.07) is 12.9. The predicted octanol–water partition coefficient (Wildman–Crippen LogP) is 4.07. The number of halogens is 2. The van der Waals surface area contributed by atoms with Crippen LogP contribution in [0.15, 0.2) is 54.6 Å². The van der Waals surface area contributed by atoms with Crippen molar-refractivity contribution in [1.29, 1.82) is 0 Å². The van der Waals surface area contributed by atoms with Crippen molar-refractivity contribution in [2.24, 2.45) is 0 Å². The van der Waals surface area contributed by atoms with Gasteiger partial charge < -0.3 is 15.4 Å². The van der Waals surface area contributed by atoms with Crippen LogP contribution in [0, 0.1) is 11.6 Å². The van der Waals surface area contributed by atoms with Crippen molar-refractivity contribution in [1.82, 2.24) is 10.2 Å². The summed E-state index contributed by atoms with van der Waals surface area (Å²) in [6.45, 7) is 0. The Kier molecular flexibility index (Phi) is 5.02. The van der Waals surface area contributed by atoms with Crippen LogP contribution in [-0.2, 0) is 0 Å². The molecule has 1 aromatic heterocycles. The molecule has 0 aliphatic carbocycles. The standard InChI is InChI=1S/C18H14F2N4O2/c1-26-17-8-7-16(23-24-17)11-3-2-4-12(9-11)21-18(25)22-13-5-6-14(19)15(20)10-13/h2-10H,1H3,(H2,21,22,25). The van der Waals surface area contributed by atoms with Gasteiger partial charge in [0.05, 0.1) is 12.8 Å². The van der Waals surface area contributed by atoms with Crippen LogP contribution in [0.5, 0.6) is 5.88 Å². The zero-order chi connectivity index (χ0) is 18.5. The third-order valence-electron chi connectivity index (χ3n) is 3.44. The van der Waals surface area contributed by atoms with Gasteiger partial charge in [0.15, 0.2) is 11.6 Å². The van der Waals surface area contributed by atoms with E-state index in [1.165, 1.54) is 13.2 Å². The number of nitrogens with one attached hydrogen (secondary N) is 2. The summed E-state index contributed by atoms with van der Waals surface area (Å²) >= 11 is 0. The summed E-state index contributed by atoms with van der Waals surface area (Å²) in [6.07, 6.45) is 0. The summed E-state index contributed by atoms with van der Waals surface area (Å²) in [5, 5.41) is 13.0. The van der Waals surface area contributed by atoms with Gasteiger partial charge in [0.1, 0.15) is 0 Å². The topological polar surface area (TPSA) is 76.1 Å². The number of anilines is 2. The lowest BCUT2D eigenvalue weighted by Gasteiger charge is -2.09. The number of methoxy groups -OCH3 is 1. The Bertz CT molecular complexity index is 933. The Balaban J connectivity index is 1.71. The molecule has 0 fully saturated rings. The van der Waals surface area contributed by atoms with Gasteiger partial charge >= 0.3 is 6.03 Å². The molecule has 0 radical (unpaired) electrons. The summed E-state index contributed by atoms with van der Waals surface area (Å²) in [7, 11) is 1.50. The molecule has 26 heavy (non-hydrogen) atoms. The minimum Gasteiger partial charge on any atom is -0.480 e. The number of carbonyl (C=O) groups excluding carboxylic acids is 1. The highest BCUT2D eigenvalue weighted by Crippen LogP contribution is 2.22. The third-order valence-corrected chi connectivity index (χ3v) is 3.44.